The molecule has 0 unspecified atom stereocenters. The smallest absolute Gasteiger partial charge is 0.144 e. The lowest BCUT2D eigenvalue weighted by atomic mass is 10.2. The Labute approximate surface area is 84.2 Å². The first-order valence-electron chi connectivity index (χ1n) is 4.95. The third-order valence-corrected chi connectivity index (χ3v) is 2.47. The summed E-state index contributed by atoms with van der Waals surface area (Å²) in [5.74, 6) is 1.53. The predicted molar refractivity (Wildman–Crippen MR) is 55.9 cm³/mol. The first kappa shape index (κ1) is 9.40. The Kier molecular flexibility index (Phi) is 2.37. The fourth-order valence-electron chi connectivity index (χ4n) is 1.87. The highest BCUT2D eigenvalue weighted by Crippen LogP contribution is 2.24. The molecule has 0 bridgehead atoms. The van der Waals surface area contributed by atoms with Crippen LogP contribution in [0.2, 0.25) is 0 Å². The number of nitrogens with zero attached hydrogens (tertiary/aromatic N) is 3. The zero-order chi connectivity index (χ0) is 10.1. The van der Waals surface area contributed by atoms with Crippen LogP contribution in [0.25, 0.3) is 0 Å². The Morgan fingerprint density at radius 1 is 1.29 bits per heavy atom. The molecule has 4 heteroatoms. The van der Waals surface area contributed by atoms with Crippen LogP contribution in [0, 0.1) is 0 Å². The van der Waals surface area contributed by atoms with Crippen molar-refractivity contribution < 1.29 is 0 Å². The molecule has 14 heavy (non-hydrogen) atoms. The molecule has 2 N–H and O–H groups in total. The van der Waals surface area contributed by atoms with Crippen LogP contribution in [0.15, 0.2) is 0 Å². The molecule has 0 saturated carbocycles. The van der Waals surface area contributed by atoms with Gasteiger partial charge in [0.1, 0.15) is 11.6 Å². The number of aromatic nitrogens is 2. The molecule has 1 aliphatic carbocycles. The largest absolute Gasteiger partial charge is 0.383 e. The van der Waals surface area contributed by atoms with E-state index in [-0.39, 0.29) is 0 Å². The third-order valence-electron chi connectivity index (χ3n) is 2.47. The molecular weight excluding hydrogens is 176 g/mol. The fraction of sp³-hybridized carbons (Fsp3) is 0.600. The monoisotopic (exact) mass is 192 g/mol. The molecule has 0 spiro atoms. The molecule has 0 saturated heterocycles. The van der Waals surface area contributed by atoms with E-state index in [1.54, 1.807) is 0 Å². The highest BCUT2D eigenvalue weighted by Gasteiger charge is 2.17. The number of anilines is 1. The Balaban J connectivity index is 2.32. The average Bonchev–Trinajstić information content (AvgIpc) is 2.50. The van der Waals surface area contributed by atoms with Crippen LogP contribution in [0.4, 0.5) is 5.82 Å². The van der Waals surface area contributed by atoms with Crippen molar-refractivity contribution in [3.05, 3.63) is 17.1 Å². The minimum Gasteiger partial charge on any atom is -0.383 e. The van der Waals surface area contributed by atoms with Crippen molar-refractivity contribution in [1.82, 2.24) is 14.9 Å². The first-order valence-corrected chi connectivity index (χ1v) is 4.95. The van der Waals surface area contributed by atoms with Crippen LogP contribution >= 0.6 is 0 Å². The standard InChI is InChI=1S/C10H16N4/c1-14(2)6-9-12-8-5-3-4-7(8)10(11)13-9/h3-6H2,1-2H3,(H2,11,12,13). The number of fused-ring (bicyclic) bond motifs is 1. The summed E-state index contributed by atoms with van der Waals surface area (Å²) in [7, 11) is 4.01. The number of hydrogen-bond donors (Lipinski definition) is 1. The van der Waals surface area contributed by atoms with Gasteiger partial charge in [-0.15, -0.1) is 0 Å². The third kappa shape index (κ3) is 1.70. The maximum Gasteiger partial charge on any atom is 0.144 e. The maximum absolute atomic E-state index is 5.88. The van der Waals surface area contributed by atoms with Gasteiger partial charge in [0.05, 0.1) is 6.54 Å². The molecule has 2 rings (SSSR count). The summed E-state index contributed by atoms with van der Waals surface area (Å²) >= 11 is 0. The van der Waals surface area contributed by atoms with Crippen LogP contribution in [-0.4, -0.2) is 29.0 Å². The van der Waals surface area contributed by atoms with Crippen LogP contribution in [0.3, 0.4) is 0 Å². The highest BCUT2D eigenvalue weighted by molar-refractivity contribution is 5.44. The van der Waals surface area contributed by atoms with E-state index >= 15 is 0 Å². The van der Waals surface area contributed by atoms with Crippen molar-refractivity contribution in [2.45, 2.75) is 25.8 Å². The Bertz CT molecular complexity index is 346. The second-order valence-corrected chi connectivity index (χ2v) is 4.04. The molecule has 0 fully saturated rings. The molecule has 0 aliphatic heterocycles. The van der Waals surface area contributed by atoms with E-state index in [4.69, 9.17) is 5.73 Å². The van der Waals surface area contributed by atoms with Gasteiger partial charge in [-0.3, -0.25) is 0 Å². The lowest BCUT2D eigenvalue weighted by Crippen LogP contribution is -2.15. The molecule has 0 amide bonds. The zero-order valence-corrected chi connectivity index (χ0v) is 8.75. The van der Waals surface area contributed by atoms with E-state index in [0.717, 1.165) is 30.9 Å². The van der Waals surface area contributed by atoms with Gasteiger partial charge in [0.25, 0.3) is 0 Å². The van der Waals surface area contributed by atoms with Gasteiger partial charge >= 0.3 is 0 Å². The summed E-state index contributed by atoms with van der Waals surface area (Å²) in [5.41, 5.74) is 8.21. The molecule has 1 aliphatic rings. The molecule has 4 nitrogen and oxygen atoms in total. The number of aryl methyl sites for hydroxylation is 1. The molecule has 1 aromatic heterocycles. The molecular formula is C10H16N4. The quantitative estimate of drug-likeness (QED) is 0.746. The van der Waals surface area contributed by atoms with Gasteiger partial charge in [-0.2, -0.15) is 0 Å². The van der Waals surface area contributed by atoms with Gasteiger partial charge in [-0.25, -0.2) is 9.97 Å². The second kappa shape index (κ2) is 3.53. The summed E-state index contributed by atoms with van der Waals surface area (Å²) in [5, 5.41) is 0. The van der Waals surface area contributed by atoms with Gasteiger partial charge in [-0.1, -0.05) is 0 Å². The minimum absolute atomic E-state index is 0.685. The number of rotatable bonds is 2. The summed E-state index contributed by atoms with van der Waals surface area (Å²) in [6.07, 6.45) is 3.27. The highest BCUT2D eigenvalue weighted by atomic mass is 15.1. The lowest BCUT2D eigenvalue weighted by molar-refractivity contribution is 0.390. The van der Waals surface area contributed by atoms with Crippen molar-refractivity contribution in [1.29, 1.82) is 0 Å². The molecule has 0 atom stereocenters. The van der Waals surface area contributed by atoms with Gasteiger partial charge in [0.2, 0.25) is 0 Å². The van der Waals surface area contributed by atoms with Crippen molar-refractivity contribution in [2.24, 2.45) is 0 Å². The minimum atomic E-state index is 0.685. The Morgan fingerprint density at radius 3 is 2.79 bits per heavy atom. The average molecular weight is 192 g/mol. The van der Waals surface area contributed by atoms with Crippen molar-refractivity contribution >= 4 is 5.82 Å². The van der Waals surface area contributed by atoms with Crippen LogP contribution in [0.5, 0.6) is 0 Å². The fourth-order valence-corrected chi connectivity index (χ4v) is 1.87. The van der Waals surface area contributed by atoms with E-state index < -0.39 is 0 Å². The van der Waals surface area contributed by atoms with E-state index in [1.807, 2.05) is 14.1 Å². The van der Waals surface area contributed by atoms with E-state index in [0.29, 0.717) is 5.82 Å². The van der Waals surface area contributed by atoms with Crippen molar-refractivity contribution in [3.8, 4) is 0 Å². The lowest BCUT2D eigenvalue weighted by Gasteiger charge is -2.10. The summed E-state index contributed by atoms with van der Waals surface area (Å²) in [4.78, 5) is 10.9. The Hall–Kier alpha value is -1.16. The van der Waals surface area contributed by atoms with Crippen LogP contribution in [0.1, 0.15) is 23.5 Å². The van der Waals surface area contributed by atoms with E-state index in [1.165, 1.54) is 12.0 Å². The topological polar surface area (TPSA) is 55.0 Å². The number of nitrogens with two attached hydrogens (primary N) is 1. The zero-order valence-electron chi connectivity index (χ0n) is 8.75. The summed E-state index contributed by atoms with van der Waals surface area (Å²) in [6.45, 7) is 0.761. The molecule has 0 aromatic carbocycles. The second-order valence-electron chi connectivity index (χ2n) is 4.04. The van der Waals surface area contributed by atoms with E-state index in [9.17, 15) is 0 Å². The molecule has 1 heterocycles. The van der Waals surface area contributed by atoms with Gasteiger partial charge < -0.3 is 10.6 Å². The predicted octanol–water partition coefficient (Wildman–Crippen LogP) is 0.609. The SMILES string of the molecule is CN(C)Cc1nc(N)c2c(n1)CCC2. The molecule has 1 aromatic rings. The molecule has 76 valence electrons. The van der Waals surface area contributed by atoms with Gasteiger partial charge in [0.15, 0.2) is 0 Å². The summed E-state index contributed by atoms with van der Waals surface area (Å²) < 4.78 is 0. The van der Waals surface area contributed by atoms with Crippen LogP contribution in [-0.2, 0) is 19.4 Å². The molecule has 0 radical (unpaired) electrons. The van der Waals surface area contributed by atoms with E-state index in [2.05, 4.69) is 14.9 Å². The Morgan fingerprint density at radius 2 is 2.07 bits per heavy atom. The van der Waals surface area contributed by atoms with Gasteiger partial charge in [0, 0.05) is 11.3 Å². The van der Waals surface area contributed by atoms with Gasteiger partial charge in [-0.05, 0) is 33.4 Å². The van der Waals surface area contributed by atoms with Crippen molar-refractivity contribution in [2.75, 3.05) is 19.8 Å². The number of hydrogen-bond acceptors (Lipinski definition) is 4. The van der Waals surface area contributed by atoms with Crippen LogP contribution < -0.4 is 5.73 Å². The number of nitrogen functional groups attached to an aromatic ring is 1. The van der Waals surface area contributed by atoms with Crippen molar-refractivity contribution in [3.63, 3.8) is 0 Å². The maximum atomic E-state index is 5.88. The summed E-state index contributed by atoms with van der Waals surface area (Å²) in [6, 6.07) is 0. The normalized spacial score (nSPS) is 14.8. The first-order chi connectivity index (χ1) is 6.66.